The lowest BCUT2D eigenvalue weighted by molar-refractivity contribution is 0.568. The Morgan fingerprint density at radius 3 is 1.21 bits per heavy atom. The largest absolute Gasteiger partial charge is 0.309 e. The fraction of sp³-hybridized carbons (Fsp3) is 0.258. The Labute approximate surface area is 401 Å². The molecule has 0 unspecified atom stereocenters. The fourth-order valence-corrected chi connectivity index (χ4v) is 9.51. The number of hydrogen-bond acceptors (Lipinski definition) is 4. The Hall–Kier alpha value is -7.36. The smallest absolute Gasteiger partial charge is 0.164 e. The van der Waals surface area contributed by atoms with Crippen molar-refractivity contribution in [2.75, 3.05) is 0 Å². The van der Waals surface area contributed by atoms with Gasteiger partial charge in [0, 0.05) is 43.9 Å². The van der Waals surface area contributed by atoms with Crippen LogP contribution in [0.25, 0.3) is 89.2 Å². The normalized spacial score (nSPS) is 12.7. The number of fused-ring (bicyclic) bond motifs is 6. The highest BCUT2D eigenvalue weighted by Crippen LogP contribution is 2.42. The molecule has 3 aromatic heterocycles. The van der Waals surface area contributed by atoms with Crippen LogP contribution in [0.3, 0.4) is 0 Å². The van der Waals surface area contributed by atoms with Crippen molar-refractivity contribution in [3.05, 3.63) is 173 Å². The average Bonchev–Trinajstić information content (AvgIpc) is 3.81. The number of nitriles is 1. The van der Waals surface area contributed by atoms with Crippen LogP contribution in [0.1, 0.15) is 111 Å². The van der Waals surface area contributed by atoms with Gasteiger partial charge in [0.1, 0.15) is 6.07 Å². The zero-order valence-electron chi connectivity index (χ0n) is 41.5. The highest BCUT2D eigenvalue weighted by molar-refractivity contribution is 6.19. The second-order valence-corrected chi connectivity index (χ2v) is 22.7. The molecule has 0 N–H and O–H groups in total. The van der Waals surface area contributed by atoms with Crippen LogP contribution in [0.5, 0.6) is 0 Å². The lowest BCUT2D eigenvalue weighted by Gasteiger charge is -2.26. The molecule has 3 heterocycles. The lowest BCUT2D eigenvalue weighted by atomic mass is 9.79. The molecule has 0 saturated heterocycles. The second kappa shape index (κ2) is 15.9. The highest BCUT2D eigenvalue weighted by atomic mass is 15.0. The molecular weight excluding hydrogens is 829 g/mol. The van der Waals surface area contributed by atoms with Crippen molar-refractivity contribution in [2.45, 2.75) is 105 Å². The van der Waals surface area contributed by atoms with E-state index in [2.05, 4.69) is 238 Å². The van der Waals surface area contributed by atoms with Crippen LogP contribution >= 0.6 is 0 Å². The molecule has 0 atom stereocenters. The summed E-state index contributed by atoms with van der Waals surface area (Å²) in [5.41, 5.74) is 13.9. The van der Waals surface area contributed by atoms with Gasteiger partial charge in [-0.05, 0) is 123 Å². The summed E-state index contributed by atoms with van der Waals surface area (Å²) < 4.78 is 4.61. The Balaban J connectivity index is 1.21. The fourth-order valence-electron chi connectivity index (χ4n) is 9.51. The van der Waals surface area contributed by atoms with E-state index in [1.165, 1.54) is 27.6 Å². The van der Waals surface area contributed by atoms with E-state index < -0.39 is 0 Å². The number of nitrogens with zero attached hydrogens (tertiary/aromatic N) is 6. The molecule has 0 aliphatic carbocycles. The first-order valence-corrected chi connectivity index (χ1v) is 23.8. The Kier molecular flexibility index (Phi) is 10.4. The van der Waals surface area contributed by atoms with Gasteiger partial charge in [-0.25, -0.2) is 15.0 Å². The molecule has 68 heavy (non-hydrogen) atoms. The average molecular weight is 889 g/mol. The van der Waals surface area contributed by atoms with Crippen LogP contribution < -0.4 is 0 Å². The van der Waals surface area contributed by atoms with E-state index in [0.717, 1.165) is 66.3 Å². The molecule has 0 radical (unpaired) electrons. The molecule has 0 spiro atoms. The van der Waals surface area contributed by atoms with Crippen molar-refractivity contribution < 1.29 is 0 Å². The van der Waals surface area contributed by atoms with E-state index in [-0.39, 0.29) is 21.7 Å². The van der Waals surface area contributed by atoms with Crippen LogP contribution in [-0.2, 0) is 21.7 Å². The van der Waals surface area contributed by atoms with Gasteiger partial charge in [-0.15, -0.1) is 0 Å². The van der Waals surface area contributed by atoms with Gasteiger partial charge in [0.2, 0.25) is 0 Å². The topological polar surface area (TPSA) is 72.3 Å². The zero-order chi connectivity index (χ0) is 48.1. The molecule has 6 nitrogen and oxygen atoms in total. The predicted octanol–water partition coefficient (Wildman–Crippen LogP) is 16.1. The van der Waals surface area contributed by atoms with Gasteiger partial charge in [0.05, 0.1) is 33.3 Å². The van der Waals surface area contributed by atoms with Crippen LogP contribution in [0.4, 0.5) is 0 Å². The van der Waals surface area contributed by atoms with E-state index >= 15 is 0 Å². The maximum absolute atomic E-state index is 11.1. The standard InChI is InChI=1S/C62H60N6/c1-59(2,3)42-29-39(30-43(33-42)60(4,5)6)57-64-56(65-58(66-57)40-31-44(61(7,8)9)34-45(32-40)62(10,11)12)38-26-27-51(41(28-38)37-63)68-53-25-19-17-23-48(53)50-35-54-49(36-55(50)68)47-22-16-18-24-52(47)67(54)46-20-14-13-15-21-46/h13-36H,1-12H3. The van der Waals surface area contributed by atoms with Crippen molar-refractivity contribution in [3.63, 3.8) is 0 Å². The van der Waals surface area contributed by atoms with Gasteiger partial charge in [0.15, 0.2) is 17.5 Å². The quantitative estimate of drug-likeness (QED) is 0.173. The first-order chi connectivity index (χ1) is 32.2. The van der Waals surface area contributed by atoms with E-state index in [0.29, 0.717) is 23.0 Å². The molecule has 338 valence electrons. The second-order valence-electron chi connectivity index (χ2n) is 22.7. The summed E-state index contributed by atoms with van der Waals surface area (Å²) in [5.74, 6) is 1.72. The zero-order valence-corrected chi connectivity index (χ0v) is 41.5. The van der Waals surface area contributed by atoms with Crippen molar-refractivity contribution >= 4 is 43.6 Å². The maximum atomic E-state index is 11.1. The third-order valence-electron chi connectivity index (χ3n) is 13.6. The van der Waals surface area contributed by atoms with Gasteiger partial charge in [-0.1, -0.05) is 150 Å². The minimum atomic E-state index is -0.105. The predicted molar refractivity (Wildman–Crippen MR) is 284 cm³/mol. The van der Waals surface area contributed by atoms with Crippen molar-refractivity contribution in [3.8, 4) is 51.6 Å². The molecule has 6 heteroatoms. The van der Waals surface area contributed by atoms with Gasteiger partial charge >= 0.3 is 0 Å². The Morgan fingerprint density at radius 2 is 0.765 bits per heavy atom. The Bertz CT molecular complexity index is 3500. The third kappa shape index (κ3) is 7.84. The molecular formula is C62H60N6. The monoisotopic (exact) mass is 888 g/mol. The summed E-state index contributed by atoms with van der Waals surface area (Å²) in [6.45, 7) is 27.0. The molecule has 10 aromatic rings. The van der Waals surface area contributed by atoms with E-state index in [9.17, 15) is 5.26 Å². The van der Waals surface area contributed by atoms with Crippen LogP contribution in [-0.4, -0.2) is 24.1 Å². The Morgan fingerprint density at radius 1 is 0.368 bits per heavy atom. The maximum Gasteiger partial charge on any atom is 0.164 e. The highest BCUT2D eigenvalue weighted by Gasteiger charge is 2.26. The molecule has 0 fully saturated rings. The van der Waals surface area contributed by atoms with Gasteiger partial charge in [-0.3, -0.25) is 0 Å². The molecule has 0 saturated carbocycles. The number of aromatic nitrogens is 5. The summed E-state index contributed by atoms with van der Waals surface area (Å²) in [6, 6.07) is 54.6. The number of hydrogen-bond donors (Lipinski definition) is 0. The van der Waals surface area contributed by atoms with Crippen molar-refractivity contribution in [1.82, 2.24) is 24.1 Å². The van der Waals surface area contributed by atoms with E-state index in [4.69, 9.17) is 15.0 Å². The minimum Gasteiger partial charge on any atom is -0.309 e. The van der Waals surface area contributed by atoms with Crippen molar-refractivity contribution in [2.24, 2.45) is 0 Å². The van der Waals surface area contributed by atoms with Crippen LogP contribution in [0.2, 0.25) is 0 Å². The molecule has 0 aliphatic heterocycles. The van der Waals surface area contributed by atoms with E-state index in [1.54, 1.807) is 0 Å². The molecule has 10 rings (SSSR count). The first kappa shape index (κ1) is 44.5. The van der Waals surface area contributed by atoms with Crippen LogP contribution in [0.15, 0.2) is 146 Å². The van der Waals surface area contributed by atoms with Crippen molar-refractivity contribution in [1.29, 1.82) is 5.26 Å². The summed E-state index contributed by atoms with van der Waals surface area (Å²) in [6.07, 6.45) is 0. The van der Waals surface area contributed by atoms with E-state index in [1.807, 2.05) is 6.07 Å². The van der Waals surface area contributed by atoms with Crippen LogP contribution in [0, 0.1) is 11.3 Å². The number of benzene rings is 7. The molecule has 0 aliphatic rings. The SMILES string of the molecule is CC(C)(C)c1cc(-c2nc(-c3cc(C(C)(C)C)cc(C(C)(C)C)c3)nc(-c3ccc(-n4c5ccccc5c5cc6c(cc54)c4ccccc4n6-c4ccccc4)c(C#N)c3)n2)cc(C(C)(C)C)c1. The lowest BCUT2D eigenvalue weighted by Crippen LogP contribution is -2.17. The molecule has 0 amide bonds. The molecule has 0 bridgehead atoms. The minimum absolute atomic E-state index is 0.105. The number of para-hydroxylation sites is 3. The summed E-state index contributed by atoms with van der Waals surface area (Å²) in [7, 11) is 0. The summed E-state index contributed by atoms with van der Waals surface area (Å²) in [4.78, 5) is 15.9. The molecule has 7 aromatic carbocycles. The third-order valence-corrected chi connectivity index (χ3v) is 13.6. The number of rotatable bonds is 5. The first-order valence-electron chi connectivity index (χ1n) is 23.8. The summed E-state index contributed by atoms with van der Waals surface area (Å²) >= 11 is 0. The van der Waals surface area contributed by atoms with Gasteiger partial charge < -0.3 is 9.13 Å². The van der Waals surface area contributed by atoms with Gasteiger partial charge in [-0.2, -0.15) is 5.26 Å². The van der Waals surface area contributed by atoms with Gasteiger partial charge in [0.25, 0.3) is 0 Å². The summed E-state index contributed by atoms with van der Waals surface area (Å²) in [5, 5.41) is 15.7.